The molecule has 140 valence electrons. The van der Waals surface area contributed by atoms with E-state index in [4.69, 9.17) is 9.47 Å². The fraction of sp³-hybridized carbons (Fsp3) is 0.333. The van der Waals surface area contributed by atoms with E-state index in [1.54, 1.807) is 19.2 Å². The SMILES string of the molecule is Cc1c(C(=O)O)sc2ncnc(Nc3cccnc3O[C@@H]3CCCOC3)c12. The maximum absolute atomic E-state index is 11.4. The van der Waals surface area contributed by atoms with Gasteiger partial charge in [-0.3, -0.25) is 0 Å². The highest BCUT2D eigenvalue weighted by atomic mass is 32.1. The molecule has 0 aliphatic carbocycles. The van der Waals surface area contributed by atoms with Gasteiger partial charge in [-0.05, 0) is 37.5 Å². The molecule has 3 aromatic rings. The minimum absolute atomic E-state index is 0.0406. The van der Waals surface area contributed by atoms with E-state index >= 15 is 0 Å². The van der Waals surface area contributed by atoms with Crippen LogP contribution in [0.2, 0.25) is 0 Å². The normalized spacial score (nSPS) is 17.0. The lowest BCUT2D eigenvalue weighted by Gasteiger charge is -2.23. The van der Waals surface area contributed by atoms with Crippen molar-refractivity contribution in [3.8, 4) is 5.88 Å². The van der Waals surface area contributed by atoms with Crippen LogP contribution in [0.25, 0.3) is 10.2 Å². The van der Waals surface area contributed by atoms with Gasteiger partial charge in [0.15, 0.2) is 0 Å². The van der Waals surface area contributed by atoms with Gasteiger partial charge in [-0.25, -0.2) is 19.7 Å². The summed E-state index contributed by atoms with van der Waals surface area (Å²) in [5.74, 6) is 0.0224. The maximum atomic E-state index is 11.4. The van der Waals surface area contributed by atoms with Gasteiger partial charge in [0.05, 0.1) is 12.0 Å². The first-order chi connectivity index (χ1) is 13.1. The molecule has 4 heterocycles. The van der Waals surface area contributed by atoms with Crippen molar-refractivity contribution in [1.82, 2.24) is 15.0 Å². The van der Waals surface area contributed by atoms with Crippen LogP contribution in [0.4, 0.5) is 11.5 Å². The third-order valence-corrected chi connectivity index (χ3v) is 5.53. The molecule has 1 aliphatic heterocycles. The van der Waals surface area contributed by atoms with E-state index in [-0.39, 0.29) is 11.0 Å². The molecule has 1 saturated heterocycles. The second-order valence-electron chi connectivity index (χ2n) is 6.20. The summed E-state index contributed by atoms with van der Waals surface area (Å²) in [4.78, 5) is 25.2. The van der Waals surface area contributed by atoms with Crippen LogP contribution in [0.15, 0.2) is 24.7 Å². The Morgan fingerprint density at radius 3 is 3.07 bits per heavy atom. The van der Waals surface area contributed by atoms with Crippen molar-refractivity contribution in [3.05, 3.63) is 35.1 Å². The van der Waals surface area contributed by atoms with E-state index in [0.29, 0.717) is 39.8 Å². The van der Waals surface area contributed by atoms with Gasteiger partial charge in [0.2, 0.25) is 5.88 Å². The zero-order chi connectivity index (χ0) is 18.8. The molecule has 9 heteroatoms. The number of aromatic nitrogens is 3. The van der Waals surface area contributed by atoms with Gasteiger partial charge in [0, 0.05) is 12.8 Å². The smallest absolute Gasteiger partial charge is 0.346 e. The molecule has 0 saturated carbocycles. The molecule has 0 unspecified atom stereocenters. The fourth-order valence-electron chi connectivity index (χ4n) is 3.04. The van der Waals surface area contributed by atoms with E-state index in [2.05, 4.69) is 20.3 Å². The molecule has 1 fully saturated rings. The number of nitrogens with one attached hydrogen (secondary N) is 1. The average Bonchev–Trinajstić information content (AvgIpc) is 3.02. The molecule has 0 amide bonds. The lowest BCUT2D eigenvalue weighted by Crippen LogP contribution is -2.28. The first-order valence-electron chi connectivity index (χ1n) is 8.57. The fourth-order valence-corrected chi connectivity index (χ4v) is 4.03. The zero-order valence-corrected chi connectivity index (χ0v) is 15.5. The summed E-state index contributed by atoms with van der Waals surface area (Å²) >= 11 is 1.14. The summed E-state index contributed by atoms with van der Waals surface area (Å²) in [6.07, 6.45) is 4.91. The Kier molecular flexibility index (Phi) is 4.87. The van der Waals surface area contributed by atoms with Crippen LogP contribution in [0.5, 0.6) is 5.88 Å². The number of carbonyl (C=O) groups is 1. The minimum Gasteiger partial charge on any atom is -0.477 e. The van der Waals surface area contributed by atoms with Gasteiger partial charge < -0.3 is 19.9 Å². The third-order valence-electron chi connectivity index (χ3n) is 4.34. The molecule has 1 aliphatic rings. The Hall–Kier alpha value is -2.78. The monoisotopic (exact) mass is 386 g/mol. The van der Waals surface area contributed by atoms with Gasteiger partial charge in [0.25, 0.3) is 0 Å². The molecule has 1 atom stereocenters. The van der Waals surface area contributed by atoms with E-state index in [9.17, 15) is 9.90 Å². The number of hydrogen-bond acceptors (Lipinski definition) is 8. The Morgan fingerprint density at radius 1 is 1.41 bits per heavy atom. The predicted molar refractivity (Wildman–Crippen MR) is 101 cm³/mol. The van der Waals surface area contributed by atoms with Crippen molar-refractivity contribution in [2.75, 3.05) is 18.5 Å². The number of rotatable bonds is 5. The van der Waals surface area contributed by atoms with Crippen molar-refractivity contribution in [2.45, 2.75) is 25.9 Å². The summed E-state index contributed by atoms with van der Waals surface area (Å²) in [5, 5.41) is 13.3. The molecule has 0 bridgehead atoms. The second-order valence-corrected chi connectivity index (χ2v) is 7.20. The molecular formula is C18H18N4O4S. The summed E-state index contributed by atoms with van der Waals surface area (Å²) in [6.45, 7) is 3.06. The molecule has 0 spiro atoms. The minimum atomic E-state index is -0.968. The van der Waals surface area contributed by atoms with E-state index < -0.39 is 5.97 Å². The number of carboxylic acid groups (broad SMARTS) is 1. The number of aryl methyl sites for hydroxylation is 1. The predicted octanol–water partition coefficient (Wildman–Crippen LogP) is 3.39. The number of nitrogens with zero attached hydrogens (tertiary/aromatic N) is 3. The lowest BCUT2D eigenvalue weighted by atomic mass is 10.2. The van der Waals surface area contributed by atoms with Crippen LogP contribution < -0.4 is 10.1 Å². The first kappa shape index (κ1) is 17.6. The van der Waals surface area contributed by atoms with Crippen molar-refractivity contribution in [3.63, 3.8) is 0 Å². The van der Waals surface area contributed by atoms with Gasteiger partial charge >= 0.3 is 5.97 Å². The van der Waals surface area contributed by atoms with Crippen LogP contribution in [0, 0.1) is 6.92 Å². The van der Waals surface area contributed by atoms with Crippen LogP contribution in [-0.2, 0) is 4.74 Å². The summed E-state index contributed by atoms with van der Waals surface area (Å²) in [5.41, 5.74) is 1.29. The lowest BCUT2D eigenvalue weighted by molar-refractivity contribution is 0.00585. The molecule has 3 aromatic heterocycles. The van der Waals surface area contributed by atoms with Crippen LogP contribution in [-0.4, -0.2) is 45.3 Å². The first-order valence-corrected chi connectivity index (χ1v) is 9.39. The molecular weight excluding hydrogens is 368 g/mol. The quantitative estimate of drug-likeness (QED) is 0.687. The number of aromatic carboxylic acids is 1. The van der Waals surface area contributed by atoms with E-state index in [0.717, 1.165) is 30.8 Å². The number of thiophene rings is 1. The third kappa shape index (κ3) is 3.56. The van der Waals surface area contributed by atoms with Gasteiger partial charge in [-0.15, -0.1) is 11.3 Å². The maximum Gasteiger partial charge on any atom is 0.346 e. The van der Waals surface area contributed by atoms with Gasteiger partial charge in [-0.2, -0.15) is 0 Å². The summed E-state index contributed by atoms with van der Waals surface area (Å²) in [6, 6.07) is 3.65. The van der Waals surface area contributed by atoms with Gasteiger partial charge in [0.1, 0.15) is 33.6 Å². The number of anilines is 2. The van der Waals surface area contributed by atoms with Crippen molar-refractivity contribution in [2.24, 2.45) is 0 Å². The molecule has 4 rings (SSSR count). The van der Waals surface area contributed by atoms with Crippen molar-refractivity contribution < 1.29 is 19.4 Å². The van der Waals surface area contributed by atoms with E-state index in [1.807, 2.05) is 6.07 Å². The molecule has 2 N–H and O–H groups in total. The highest BCUT2D eigenvalue weighted by Gasteiger charge is 2.21. The highest BCUT2D eigenvalue weighted by Crippen LogP contribution is 2.35. The summed E-state index contributed by atoms with van der Waals surface area (Å²) < 4.78 is 11.5. The molecule has 0 radical (unpaired) electrons. The van der Waals surface area contributed by atoms with Gasteiger partial charge in [-0.1, -0.05) is 0 Å². The number of hydrogen-bond donors (Lipinski definition) is 2. The standard InChI is InChI=1S/C18H18N4O4S/c1-10-13-15(20-9-21-17(13)27-14(10)18(23)24)22-12-5-2-6-19-16(12)26-11-4-3-7-25-8-11/h2,5-6,9,11H,3-4,7-8H2,1H3,(H,23,24)(H,20,21,22)/t11-/m1/s1. The molecule has 27 heavy (non-hydrogen) atoms. The highest BCUT2D eigenvalue weighted by molar-refractivity contribution is 7.20. The largest absolute Gasteiger partial charge is 0.477 e. The van der Waals surface area contributed by atoms with Crippen LogP contribution in [0.1, 0.15) is 28.1 Å². The Bertz CT molecular complexity index is 985. The zero-order valence-electron chi connectivity index (χ0n) is 14.6. The van der Waals surface area contributed by atoms with Crippen LogP contribution in [0.3, 0.4) is 0 Å². The number of ether oxygens (including phenoxy) is 2. The Labute approximate surface area is 159 Å². The average molecular weight is 386 g/mol. The number of carboxylic acids is 1. The topological polar surface area (TPSA) is 106 Å². The Morgan fingerprint density at radius 2 is 2.30 bits per heavy atom. The molecule has 0 aromatic carbocycles. The number of pyridine rings is 1. The van der Waals surface area contributed by atoms with Crippen molar-refractivity contribution in [1.29, 1.82) is 0 Å². The number of fused-ring (bicyclic) bond motifs is 1. The molecule has 8 nitrogen and oxygen atoms in total. The summed E-state index contributed by atoms with van der Waals surface area (Å²) in [7, 11) is 0. The van der Waals surface area contributed by atoms with Crippen LogP contribution >= 0.6 is 11.3 Å². The van der Waals surface area contributed by atoms with E-state index in [1.165, 1.54) is 6.33 Å². The van der Waals surface area contributed by atoms with Crippen molar-refractivity contribution >= 4 is 39.0 Å². The second kappa shape index (κ2) is 7.45. The Balaban J connectivity index is 1.67.